The summed E-state index contributed by atoms with van der Waals surface area (Å²) in [5, 5.41) is 9.29. The molecule has 3 aromatic rings. The van der Waals surface area contributed by atoms with E-state index in [1.54, 1.807) is 33.5 Å². The molecule has 8 nitrogen and oxygen atoms in total. The topological polar surface area (TPSA) is 77.0 Å². The lowest BCUT2D eigenvalue weighted by Gasteiger charge is -2.35. The van der Waals surface area contributed by atoms with Gasteiger partial charge in [-0.05, 0) is 36.4 Å². The summed E-state index contributed by atoms with van der Waals surface area (Å²) >= 11 is 6.18. The Balaban J connectivity index is 1.46. The van der Waals surface area contributed by atoms with Crippen molar-refractivity contribution >= 4 is 23.3 Å². The summed E-state index contributed by atoms with van der Waals surface area (Å²) in [5.74, 6) is 2.34. The summed E-state index contributed by atoms with van der Waals surface area (Å²) in [6.45, 7) is 2.49. The Morgan fingerprint density at radius 1 is 0.879 bits per heavy atom. The van der Waals surface area contributed by atoms with Crippen LogP contribution in [-0.4, -0.2) is 68.5 Å². The lowest BCUT2D eigenvalue weighted by Crippen LogP contribution is -2.49. The molecule has 0 spiro atoms. The zero-order chi connectivity index (χ0) is 23.4. The summed E-state index contributed by atoms with van der Waals surface area (Å²) in [4.78, 5) is 16.7. The molecule has 1 saturated heterocycles. The number of benzene rings is 2. The Morgan fingerprint density at radius 3 is 2.09 bits per heavy atom. The minimum atomic E-state index is -0.0518. The van der Waals surface area contributed by atoms with Gasteiger partial charge in [-0.25, -0.2) is 0 Å². The molecule has 0 unspecified atom stereocenters. The van der Waals surface area contributed by atoms with Gasteiger partial charge in [0.05, 0.1) is 37.6 Å². The summed E-state index contributed by atoms with van der Waals surface area (Å²) in [5.41, 5.74) is 2.02. The molecule has 33 heavy (non-hydrogen) atoms. The van der Waals surface area contributed by atoms with Gasteiger partial charge in [-0.3, -0.25) is 4.79 Å². The third-order valence-electron chi connectivity index (χ3n) is 5.61. The number of nitrogens with zero attached hydrogens (tertiary/aromatic N) is 4. The van der Waals surface area contributed by atoms with Crippen LogP contribution >= 0.6 is 11.6 Å². The molecular weight excluding hydrogens is 444 g/mol. The second-order valence-corrected chi connectivity index (χ2v) is 7.86. The standard InChI is InChI=1S/C24H25ClN4O4/c1-31-20-14-16(15-21(32-2)23(20)33-3)19-8-9-22(27-26-19)28-10-12-29(13-11-28)24(30)17-6-4-5-7-18(17)25/h4-9,14-15H,10-13H2,1-3H3. The van der Waals surface area contributed by atoms with Gasteiger partial charge in [0.25, 0.3) is 5.91 Å². The molecule has 172 valence electrons. The van der Waals surface area contributed by atoms with Crippen LogP contribution < -0.4 is 19.1 Å². The molecule has 0 bridgehead atoms. The first-order valence-electron chi connectivity index (χ1n) is 10.5. The van der Waals surface area contributed by atoms with E-state index in [-0.39, 0.29) is 5.91 Å². The maximum absolute atomic E-state index is 12.8. The van der Waals surface area contributed by atoms with Crippen LogP contribution in [0.1, 0.15) is 10.4 Å². The van der Waals surface area contributed by atoms with Crippen molar-refractivity contribution in [3.63, 3.8) is 0 Å². The van der Waals surface area contributed by atoms with Gasteiger partial charge in [0.2, 0.25) is 5.75 Å². The Bertz CT molecular complexity index is 1110. The van der Waals surface area contributed by atoms with Crippen LogP contribution in [0.25, 0.3) is 11.3 Å². The molecule has 9 heteroatoms. The van der Waals surface area contributed by atoms with E-state index in [0.717, 1.165) is 11.4 Å². The Labute approximate surface area is 197 Å². The lowest BCUT2D eigenvalue weighted by atomic mass is 10.1. The minimum absolute atomic E-state index is 0.0518. The number of anilines is 1. The summed E-state index contributed by atoms with van der Waals surface area (Å²) in [6.07, 6.45) is 0. The SMILES string of the molecule is COc1cc(-c2ccc(N3CCN(C(=O)c4ccccc4Cl)CC3)nn2)cc(OC)c1OC. The van der Waals surface area contributed by atoms with Gasteiger partial charge in [-0.15, -0.1) is 10.2 Å². The minimum Gasteiger partial charge on any atom is -0.493 e. The first kappa shape index (κ1) is 22.7. The van der Waals surface area contributed by atoms with E-state index in [0.29, 0.717) is 59.7 Å². The summed E-state index contributed by atoms with van der Waals surface area (Å²) in [6, 6.07) is 14.6. The fourth-order valence-corrected chi connectivity index (χ4v) is 4.04. The Hall–Kier alpha value is -3.52. The molecule has 0 radical (unpaired) electrons. The van der Waals surface area contributed by atoms with Gasteiger partial charge >= 0.3 is 0 Å². The van der Waals surface area contributed by atoms with Crippen LogP contribution in [0.2, 0.25) is 5.02 Å². The largest absolute Gasteiger partial charge is 0.493 e. The van der Waals surface area contributed by atoms with E-state index in [4.69, 9.17) is 25.8 Å². The van der Waals surface area contributed by atoms with Crippen molar-refractivity contribution in [1.82, 2.24) is 15.1 Å². The zero-order valence-corrected chi connectivity index (χ0v) is 19.5. The predicted molar refractivity (Wildman–Crippen MR) is 127 cm³/mol. The molecule has 2 aromatic carbocycles. The number of ether oxygens (including phenoxy) is 3. The third-order valence-corrected chi connectivity index (χ3v) is 5.94. The van der Waals surface area contributed by atoms with Crippen molar-refractivity contribution in [2.75, 3.05) is 52.4 Å². The van der Waals surface area contributed by atoms with Gasteiger partial charge in [0, 0.05) is 31.7 Å². The van der Waals surface area contributed by atoms with Crippen LogP contribution in [0, 0.1) is 0 Å². The fourth-order valence-electron chi connectivity index (χ4n) is 3.82. The van der Waals surface area contributed by atoms with Crippen molar-refractivity contribution in [3.05, 3.63) is 59.1 Å². The van der Waals surface area contributed by atoms with Crippen molar-refractivity contribution in [1.29, 1.82) is 0 Å². The number of aromatic nitrogens is 2. The molecule has 1 aliphatic heterocycles. The average Bonchev–Trinajstić information content (AvgIpc) is 2.87. The first-order valence-corrected chi connectivity index (χ1v) is 10.9. The Kier molecular flexibility index (Phi) is 6.84. The van der Waals surface area contributed by atoms with Crippen LogP contribution in [0.5, 0.6) is 17.2 Å². The van der Waals surface area contributed by atoms with Gasteiger partial charge in [0.15, 0.2) is 17.3 Å². The van der Waals surface area contributed by atoms with Gasteiger partial charge in [0.1, 0.15) is 0 Å². The van der Waals surface area contributed by atoms with E-state index in [1.807, 2.05) is 41.3 Å². The molecule has 0 saturated carbocycles. The maximum Gasteiger partial charge on any atom is 0.255 e. The summed E-state index contributed by atoms with van der Waals surface area (Å²) in [7, 11) is 4.72. The van der Waals surface area contributed by atoms with E-state index < -0.39 is 0 Å². The molecule has 0 N–H and O–H groups in total. The Morgan fingerprint density at radius 2 is 1.55 bits per heavy atom. The highest BCUT2D eigenvalue weighted by Crippen LogP contribution is 2.40. The smallest absolute Gasteiger partial charge is 0.255 e. The number of piperazine rings is 1. The normalized spacial score (nSPS) is 13.6. The van der Waals surface area contributed by atoms with Gasteiger partial charge in [-0.2, -0.15) is 0 Å². The molecule has 2 heterocycles. The highest BCUT2D eigenvalue weighted by atomic mass is 35.5. The van der Waals surface area contributed by atoms with E-state index >= 15 is 0 Å². The highest BCUT2D eigenvalue weighted by molar-refractivity contribution is 6.33. The number of halogens is 1. The number of carbonyl (C=O) groups excluding carboxylic acids is 1. The quantitative estimate of drug-likeness (QED) is 0.544. The summed E-state index contributed by atoms with van der Waals surface area (Å²) < 4.78 is 16.2. The number of methoxy groups -OCH3 is 3. The fraction of sp³-hybridized carbons (Fsp3) is 0.292. The van der Waals surface area contributed by atoms with Crippen LogP contribution in [0.3, 0.4) is 0 Å². The van der Waals surface area contributed by atoms with E-state index in [9.17, 15) is 4.79 Å². The molecule has 1 fully saturated rings. The van der Waals surface area contributed by atoms with Gasteiger partial charge < -0.3 is 24.0 Å². The molecular formula is C24H25ClN4O4. The van der Waals surface area contributed by atoms with Crippen LogP contribution in [0.4, 0.5) is 5.82 Å². The molecule has 0 atom stereocenters. The molecule has 1 amide bonds. The number of hydrogen-bond acceptors (Lipinski definition) is 7. The zero-order valence-electron chi connectivity index (χ0n) is 18.7. The predicted octanol–water partition coefficient (Wildman–Crippen LogP) is 3.79. The van der Waals surface area contributed by atoms with Crippen LogP contribution in [-0.2, 0) is 0 Å². The highest BCUT2D eigenvalue weighted by Gasteiger charge is 2.24. The lowest BCUT2D eigenvalue weighted by molar-refractivity contribution is 0.0746. The molecule has 0 aliphatic carbocycles. The van der Waals surface area contributed by atoms with Crippen LogP contribution in [0.15, 0.2) is 48.5 Å². The van der Waals surface area contributed by atoms with E-state index in [2.05, 4.69) is 15.1 Å². The second kappa shape index (κ2) is 9.95. The van der Waals surface area contributed by atoms with Crippen molar-refractivity contribution in [3.8, 4) is 28.5 Å². The number of amides is 1. The second-order valence-electron chi connectivity index (χ2n) is 7.45. The van der Waals surface area contributed by atoms with Crippen molar-refractivity contribution in [2.45, 2.75) is 0 Å². The monoisotopic (exact) mass is 468 g/mol. The third kappa shape index (κ3) is 4.66. The van der Waals surface area contributed by atoms with Crippen molar-refractivity contribution < 1.29 is 19.0 Å². The molecule has 1 aliphatic rings. The average molecular weight is 469 g/mol. The van der Waals surface area contributed by atoms with Gasteiger partial charge in [-0.1, -0.05) is 23.7 Å². The van der Waals surface area contributed by atoms with Crippen molar-refractivity contribution in [2.24, 2.45) is 0 Å². The number of carbonyl (C=O) groups is 1. The molecule has 1 aromatic heterocycles. The molecule has 4 rings (SSSR count). The number of hydrogen-bond donors (Lipinski definition) is 0. The van der Waals surface area contributed by atoms with E-state index in [1.165, 1.54) is 0 Å². The number of rotatable bonds is 6. The first-order chi connectivity index (χ1) is 16.0. The maximum atomic E-state index is 12.8.